The van der Waals surface area contributed by atoms with Crippen LogP contribution in [-0.2, 0) is 14.6 Å². The van der Waals surface area contributed by atoms with Gasteiger partial charge in [0.05, 0.1) is 0 Å². The van der Waals surface area contributed by atoms with E-state index in [0.29, 0.717) is 35.9 Å². The molecule has 0 aliphatic heterocycles. The van der Waals surface area contributed by atoms with Crippen LogP contribution in [0.4, 0.5) is 5.13 Å². The second kappa shape index (κ2) is 10.7. The van der Waals surface area contributed by atoms with E-state index in [0.717, 1.165) is 17.6 Å². The van der Waals surface area contributed by atoms with Gasteiger partial charge >= 0.3 is 0 Å². The largest absolute Gasteiger partial charge is 0.490 e. The van der Waals surface area contributed by atoms with Gasteiger partial charge in [0, 0.05) is 6.26 Å². The fraction of sp³-hybridized carbons (Fsp3) is 0.182. The van der Waals surface area contributed by atoms with Crippen LogP contribution in [0.5, 0.6) is 11.5 Å². The summed E-state index contributed by atoms with van der Waals surface area (Å²) >= 11 is 0.707. The quantitative estimate of drug-likeness (QED) is 0.212. The summed E-state index contributed by atoms with van der Waals surface area (Å²) in [6.45, 7) is 2.71. The smallest absolute Gasteiger partial charge is 0.268 e. The maximum Gasteiger partial charge on any atom is 0.268 e. The molecule has 0 aliphatic carbocycles. The van der Waals surface area contributed by atoms with Crippen LogP contribution < -0.4 is 14.8 Å². The van der Waals surface area contributed by atoms with Crippen molar-refractivity contribution in [3.8, 4) is 17.6 Å². The van der Waals surface area contributed by atoms with E-state index in [4.69, 9.17) is 9.47 Å². The number of aryl methyl sites for hydroxylation is 1. The maximum atomic E-state index is 12.3. The minimum absolute atomic E-state index is 0.0155. The zero-order valence-electron chi connectivity index (χ0n) is 17.8. The molecule has 1 amide bonds. The first kappa shape index (κ1) is 23.9. The fourth-order valence-corrected chi connectivity index (χ4v) is 4.08. The first-order valence-corrected chi connectivity index (χ1v) is 12.3. The number of hydrogen-bond acceptors (Lipinski definition) is 9. The Morgan fingerprint density at radius 2 is 1.82 bits per heavy atom. The molecule has 3 aromatic rings. The molecule has 1 aromatic heterocycles. The van der Waals surface area contributed by atoms with Crippen molar-refractivity contribution in [2.24, 2.45) is 0 Å². The Hall–Kier alpha value is -3.75. The molecule has 0 saturated carbocycles. The molecule has 9 nitrogen and oxygen atoms in total. The van der Waals surface area contributed by atoms with E-state index in [2.05, 4.69) is 15.5 Å². The number of benzene rings is 2. The van der Waals surface area contributed by atoms with Crippen molar-refractivity contribution in [3.05, 3.63) is 65.2 Å². The maximum absolute atomic E-state index is 12.3. The zero-order chi connectivity index (χ0) is 23.8. The summed E-state index contributed by atoms with van der Waals surface area (Å²) in [4.78, 5) is 12.3. The van der Waals surface area contributed by atoms with Gasteiger partial charge in [0.1, 0.15) is 36.4 Å². The number of ether oxygens (including phenoxy) is 2. The summed E-state index contributed by atoms with van der Waals surface area (Å²) in [5, 5.41) is 18.8. The Morgan fingerprint density at radius 1 is 1.12 bits per heavy atom. The number of carbonyl (C=O) groups excluding carboxylic acids is 1. The van der Waals surface area contributed by atoms with Crippen molar-refractivity contribution in [2.45, 2.75) is 11.3 Å². The first-order valence-electron chi connectivity index (χ1n) is 9.64. The molecule has 0 fully saturated rings. The van der Waals surface area contributed by atoms with Crippen molar-refractivity contribution in [1.82, 2.24) is 10.2 Å². The van der Waals surface area contributed by atoms with E-state index in [-0.39, 0.29) is 15.0 Å². The molecule has 0 saturated heterocycles. The van der Waals surface area contributed by atoms with Gasteiger partial charge in [-0.1, -0.05) is 41.7 Å². The van der Waals surface area contributed by atoms with Crippen molar-refractivity contribution >= 4 is 38.3 Å². The molecule has 1 N–H and O–H groups in total. The molecule has 0 aliphatic rings. The van der Waals surface area contributed by atoms with Crippen LogP contribution in [0.3, 0.4) is 0 Å². The standard InChI is InChI=1S/C22H20N4O5S2/c1-15-5-3-4-6-19(15)31-12-11-30-18-9-7-16(8-10-18)13-17(14-23)20(27)24-21-25-26-22(32-21)33(2,28)29/h3-10,13H,11-12H2,1-2H3,(H,24,25,27)/b17-13-. The lowest BCUT2D eigenvalue weighted by molar-refractivity contribution is -0.112. The average molecular weight is 485 g/mol. The lowest BCUT2D eigenvalue weighted by atomic mass is 10.1. The lowest BCUT2D eigenvalue weighted by Crippen LogP contribution is -2.13. The van der Waals surface area contributed by atoms with Gasteiger partial charge in [0.25, 0.3) is 5.91 Å². The number of nitrogens with one attached hydrogen (secondary N) is 1. The molecule has 0 atom stereocenters. The summed E-state index contributed by atoms with van der Waals surface area (Å²) < 4.78 is 34.1. The Balaban J connectivity index is 1.55. The van der Waals surface area contributed by atoms with Crippen molar-refractivity contribution in [1.29, 1.82) is 5.26 Å². The summed E-state index contributed by atoms with van der Waals surface area (Å²) in [5.74, 6) is 0.706. The third-order valence-electron chi connectivity index (χ3n) is 4.20. The molecule has 0 spiro atoms. The fourth-order valence-electron chi connectivity index (χ4n) is 2.58. The monoisotopic (exact) mass is 484 g/mol. The average Bonchev–Trinajstić information content (AvgIpc) is 3.26. The lowest BCUT2D eigenvalue weighted by Gasteiger charge is -2.10. The van der Waals surface area contributed by atoms with Crippen LogP contribution in [-0.4, -0.2) is 44.0 Å². The number of hydrogen-bond donors (Lipinski definition) is 1. The highest BCUT2D eigenvalue weighted by atomic mass is 32.2. The second-order valence-electron chi connectivity index (χ2n) is 6.80. The van der Waals surface area contributed by atoms with E-state index in [9.17, 15) is 18.5 Å². The summed E-state index contributed by atoms with van der Waals surface area (Å²) in [7, 11) is -3.53. The molecule has 11 heteroatoms. The van der Waals surface area contributed by atoms with Crippen molar-refractivity contribution < 1.29 is 22.7 Å². The zero-order valence-corrected chi connectivity index (χ0v) is 19.4. The van der Waals surface area contributed by atoms with E-state index < -0.39 is 15.7 Å². The minimum atomic E-state index is -3.53. The van der Waals surface area contributed by atoms with E-state index in [1.54, 1.807) is 24.3 Å². The third-order valence-corrected chi connectivity index (χ3v) is 6.71. The summed E-state index contributed by atoms with van der Waals surface area (Å²) in [6.07, 6.45) is 2.39. The van der Waals surface area contributed by atoms with E-state index in [1.807, 2.05) is 37.3 Å². The highest BCUT2D eigenvalue weighted by molar-refractivity contribution is 7.92. The highest BCUT2D eigenvalue weighted by Crippen LogP contribution is 2.21. The molecule has 0 unspecified atom stereocenters. The van der Waals surface area contributed by atoms with Gasteiger partial charge in [-0.2, -0.15) is 5.26 Å². The van der Waals surface area contributed by atoms with Crippen LogP contribution in [0, 0.1) is 18.3 Å². The highest BCUT2D eigenvalue weighted by Gasteiger charge is 2.17. The van der Waals surface area contributed by atoms with Crippen LogP contribution in [0.2, 0.25) is 0 Å². The predicted molar refractivity (Wildman–Crippen MR) is 124 cm³/mol. The molecule has 33 heavy (non-hydrogen) atoms. The Morgan fingerprint density at radius 3 is 2.45 bits per heavy atom. The number of para-hydroxylation sites is 1. The number of anilines is 1. The number of amides is 1. The number of sulfone groups is 1. The van der Waals surface area contributed by atoms with Gasteiger partial charge in [-0.25, -0.2) is 8.42 Å². The van der Waals surface area contributed by atoms with E-state index in [1.165, 1.54) is 6.08 Å². The van der Waals surface area contributed by atoms with Gasteiger partial charge in [-0.05, 0) is 42.3 Å². The van der Waals surface area contributed by atoms with Gasteiger partial charge < -0.3 is 9.47 Å². The number of carbonyl (C=O) groups is 1. The van der Waals surface area contributed by atoms with Crippen LogP contribution in [0.25, 0.3) is 6.08 Å². The normalized spacial score (nSPS) is 11.5. The van der Waals surface area contributed by atoms with E-state index >= 15 is 0 Å². The second-order valence-corrected chi connectivity index (χ2v) is 9.97. The molecular formula is C22H20N4O5S2. The predicted octanol–water partition coefficient (Wildman–Crippen LogP) is 3.25. The Labute approximate surface area is 195 Å². The topological polar surface area (TPSA) is 131 Å². The molecule has 0 bridgehead atoms. The molecular weight excluding hydrogens is 464 g/mol. The van der Waals surface area contributed by atoms with Gasteiger partial charge in [-0.3, -0.25) is 10.1 Å². The number of aromatic nitrogens is 2. The summed E-state index contributed by atoms with van der Waals surface area (Å²) in [6, 6.07) is 16.4. The van der Waals surface area contributed by atoms with Crippen LogP contribution >= 0.6 is 11.3 Å². The number of rotatable bonds is 9. The number of nitriles is 1. The van der Waals surface area contributed by atoms with Crippen molar-refractivity contribution in [2.75, 3.05) is 24.8 Å². The molecule has 2 aromatic carbocycles. The Kier molecular flexibility index (Phi) is 7.76. The van der Waals surface area contributed by atoms with Gasteiger partial charge in [0.15, 0.2) is 0 Å². The first-order chi connectivity index (χ1) is 15.8. The minimum Gasteiger partial charge on any atom is -0.490 e. The molecule has 1 heterocycles. The molecule has 170 valence electrons. The molecule has 0 radical (unpaired) electrons. The number of nitrogens with zero attached hydrogens (tertiary/aromatic N) is 3. The Bertz CT molecular complexity index is 1310. The molecule has 3 rings (SSSR count). The SMILES string of the molecule is Cc1ccccc1OCCOc1ccc(/C=C(/C#N)C(=O)Nc2nnc(S(C)(=O)=O)s2)cc1. The third kappa shape index (κ3) is 6.86. The van der Waals surface area contributed by atoms with Crippen LogP contribution in [0.15, 0.2) is 58.4 Å². The van der Waals surface area contributed by atoms with Gasteiger partial charge in [-0.15, -0.1) is 10.2 Å². The van der Waals surface area contributed by atoms with Crippen molar-refractivity contribution in [3.63, 3.8) is 0 Å². The van der Waals surface area contributed by atoms with Crippen LogP contribution in [0.1, 0.15) is 11.1 Å². The van der Waals surface area contributed by atoms with Gasteiger partial charge in [0.2, 0.25) is 19.3 Å². The summed E-state index contributed by atoms with van der Waals surface area (Å²) in [5.41, 5.74) is 1.48.